The van der Waals surface area contributed by atoms with Crippen LogP contribution in [0.1, 0.15) is 6.42 Å². The number of hydrogen-bond donors (Lipinski definition) is 2. The van der Waals surface area contributed by atoms with E-state index >= 15 is 0 Å². The maximum atomic E-state index is 10.2. The Kier molecular flexibility index (Phi) is 3.38. The van der Waals surface area contributed by atoms with Crippen molar-refractivity contribution in [2.75, 3.05) is 25.1 Å². The molecule has 6 heteroatoms. The van der Waals surface area contributed by atoms with Gasteiger partial charge < -0.3 is 15.2 Å². The Morgan fingerprint density at radius 1 is 1.47 bits per heavy atom. The van der Waals surface area contributed by atoms with E-state index in [0.29, 0.717) is 26.2 Å². The molecule has 0 saturated carbocycles. The first kappa shape index (κ1) is 12.8. The lowest BCUT2D eigenvalue weighted by Gasteiger charge is -2.21. The van der Waals surface area contributed by atoms with Crippen molar-refractivity contribution in [3.05, 3.63) is 29.0 Å². The lowest BCUT2D eigenvalue weighted by molar-refractivity contribution is 0.0381. The van der Waals surface area contributed by atoms with E-state index in [4.69, 9.17) is 4.74 Å². The molecule has 0 radical (unpaired) electrons. The van der Waals surface area contributed by atoms with Gasteiger partial charge in [0, 0.05) is 37.4 Å². The smallest absolute Gasteiger partial charge is 0.135 e. The molecule has 2 aromatic heterocycles. The SMILES string of the molecule is OC1(CNc2ncc(Br)c3ncccc23)CCOC1. The third-order valence-corrected chi connectivity index (χ3v) is 3.84. The molecule has 0 aromatic carbocycles. The minimum Gasteiger partial charge on any atom is -0.386 e. The van der Waals surface area contributed by atoms with E-state index in [0.717, 1.165) is 21.2 Å². The fourth-order valence-corrected chi connectivity index (χ4v) is 2.58. The van der Waals surface area contributed by atoms with Crippen LogP contribution >= 0.6 is 15.9 Å². The van der Waals surface area contributed by atoms with E-state index in [1.165, 1.54) is 0 Å². The van der Waals surface area contributed by atoms with Gasteiger partial charge in [-0.2, -0.15) is 0 Å². The molecule has 1 aliphatic heterocycles. The van der Waals surface area contributed by atoms with Gasteiger partial charge in [-0.1, -0.05) is 0 Å². The van der Waals surface area contributed by atoms with Gasteiger partial charge in [0.05, 0.1) is 16.6 Å². The van der Waals surface area contributed by atoms with Crippen LogP contribution in [0.2, 0.25) is 0 Å². The Bertz CT molecular complexity index is 599. The highest BCUT2D eigenvalue weighted by Gasteiger charge is 2.32. The number of halogens is 1. The Hall–Kier alpha value is -1.24. The molecule has 1 unspecified atom stereocenters. The molecule has 1 fully saturated rings. The molecule has 2 aromatic rings. The summed E-state index contributed by atoms with van der Waals surface area (Å²) in [6.07, 6.45) is 4.11. The number of pyridine rings is 2. The molecule has 1 atom stereocenters. The number of hydrogen-bond acceptors (Lipinski definition) is 5. The summed E-state index contributed by atoms with van der Waals surface area (Å²) in [5, 5.41) is 14.4. The molecule has 0 aliphatic carbocycles. The molecule has 0 amide bonds. The number of fused-ring (bicyclic) bond motifs is 1. The van der Waals surface area contributed by atoms with Gasteiger partial charge in [-0.15, -0.1) is 0 Å². The van der Waals surface area contributed by atoms with Crippen molar-refractivity contribution in [1.29, 1.82) is 0 Å². The van der Waals surface area contributed by atoms with E-state index < -0.39 is 5.60 Å². The Morgan fingerprint density at radius 3 is 3.16 bits per heavy atom. The number of nitrogens with zero attached hydrogens (tertiary/aromatic N) is 2. The maximum Gasteiger partial charge on any atom is 0.135 e. The standard InChI is InChI=1S/C13H14BrN3O2/c14-10-6-16-12(9-2-1-4-15-11(9)10)17-7-13(18)3-5-19-8-13/h1-2,4,6,18H,3,5,7-8H2,(H,16,17). The van der Waals surface area contributed by atoms with Gasteiger partial charge in [-0.3, -0.25) is 4.98 Å². The largest absolute Gasteiger partial charge is 0.386 e. The number of aliphatic hydroxyl groups is 1. The first-order valence-corrected chi connectivity index (χ1v) is 6.90. The average Bonchev–Trinajstić information content (AvgIpc) is 2.86. The second-order valence-corrected chi connectivity index (χ2v) is 5.59. The lowest BCUT2D eigenvalue weighted by atomic mass is 10.0. The molecule has 3 rings (SSSR count). The second kappa shape index (κ2) is 5.03. The molecule has 1 saturated heterocycles. The highest BCUT2D eigenvalue weighted by molar-refractivity contribution is 9.10. The van der Waals surface area contributed by atoms with E-state index in [1.54, 1.807) is 12.4 Å². The van der Waals surface area contributed by atoms with E-state index in [2.05, 4.69) is 31.2 Å². The van der Waals surface area contributed by atoms with E-state index in [-0.39, 0.29) is 0 Å². The Morgan fingerprint density at radius 2 is 2.37 bits per heavy atom. The third-order valence-electron chi connectivity index (χ3n) is 3.26. The van der Waals surface area contributed by atoms with Gasteiger partial charge in [0.1, 0.15) is 11.4 Å². The summed E-state index contributed by atoms with van der Waals surface area (Å²) in [6.45, 7) is 1.40. The van der Waals surface area contributed by atoms with Crippen molar-refractivity contribution < 1.29 is 9.84 Å². The van der Waals surface area contributed by atoms with Crippen LogP contribution in [0.25, 0.3) is 10.9 Å². The summed E-state index contributed by atoms with van der Waals surface area (Å²) >= 11 is 3.44. The van der Waals surface area contributed by atoms with Crippen LogP contribution < -0.4 is 5.32 Å². The van der Waals surface area contributed by atoms with Crippen molar-refractivity contribution >= 4 is 32.7 Å². The van der Waals surface area contributed by atoms with Gasteiger partial charge in [0.15, 0.2) is 0 Å². The number of nitrogens with one attached hydrogen (secondary N) is 1. The summed E-state index contributed by atoms with van der Waals surface area (Å²) in [4.78, 5) is 8.67. The topological polar surface area (TPSA) is 67.3 Å². The number of aromatic nitrogens is 2. The van der Waals surface area contributed by atoms with Crippen molar-refractivity contribution in [2.45, 2.75) is 12.0 Å². The number of anilines is 1. The van der Waals surface area contributed by atoms with Crippen molar-refractivity contribution in [1.82, 2.24) is 9.97 Å². The van der Waals surface area contributed by atoms with Crippen molar-refractivity contribution in [2.24, 2.45) is 0 Å². The van der Waals surface area contributed by atoms with Gasteiger partial charge in [-0.25, -0.2) is 4.98 Å². The van der Waals surface area contributed by atoms with Crippen LogP contribution in [0, 0.1) is 0 Å². The first-order chi connectivity index (χ1) is 9.18. The van der Waals surface area contributed by atoms with Crippen molar-refractivity contribution in [3.63, 3.8) is 0 Å². The van der Waals surface area contributed by atoms with E-state index in [9.17, 15) is 5.11 Å². The minimum absolute atomic E-state index is 0.368. The molecule has 2 N–H and O–H groups in total. The van der Waals surface area contributed by atoms with Crippen LogP contribution in [0.4, 0.5) is 5.82 Å². The highest BCUT2D eigenvalue weighted by Crippen LogP contribution is 2.27. The minimum atomic E-state index is -0.802. The fraction of sp³-hybridized carbons (Fsp3) is 0.385. The molecule has 5 nitrogen and oxygen atoms in total. The third kappa shape index (κ3) is 2.56. The molecular weight excluding hydrogens is 310 g/mol. The normalized spacial score (nSPS) is 22.8. The summed E-state index contributed by atoms with van der Waals surface area (Å²) in [6, 6.07) is 3.83. The Labute approximate surface area is 119 Å². The fourth-order valence-electron chi connectivity index (χ4n) is 2.16. The maximum absolute atomic E-state index is 10.2. The molecule has 3 heterocycles. The predicted octanol–water partition coefficient (Wildman–Crippen LogP) is 1.96. The van der Waals surface area contributed by atoms with Gasteiger partial charge in [0.25, 0.3) is 0 Å². The Balaban J connectivity index is 1.87. The summed E-state index contributed by atoms with van der Waals surface area (Å²) in [5.74, 6) is 0.728. The molecule has 0 spiro atoms. The molecule has 1 aliphatic rings. The molecular formula is C13H14BrN3O2. The number of rotatable bonds is 3. The zero-order chi connectivity index (χ0) is 13.3. The van der Waals surface area contributed by atoms with Gasteiger partial charge in [0.2, 0.25) is 0 Å². The first-order valence-electron chi connectivity index (χ1n) is 6.11. The molecule has 19 heavy (non-hydrogen) atoms. The van der Waals surface area contributed by atoms with Gasteiger partial charge in [-0.05, 0) is 28.1 Å². The predicted molar refractivity (Wildman–Crippen MR) is 76.1 cm³/mol. The lowest BCUT2D eigenvalue weighted by Crippen LogP contribution is -2.37. The van der Waals surface area contributed by atoms with Gasteiger partial charge >= 0.3 is 0 Å². The van der Waals surface area contributed by atoms with Crippen LogP contribution in [0.5, 0.6) is 0 Å². The molecule has 100 valence electrons. The number of ether oxygens (including phenoxy) is 1. The zero-order valence-electron chi connectivity index (χ0n) is 10.3. The summed E-state index contributed by atoms with van der Waals surface area (Å²) in [5.41, 5.74) is 0.0539. The van der Waals surface area contributed by atoms with Crippen LogP contribution in [0.3, 0.4) is 0 Å². The zero-order valence-corrected chi connectivity index (χ0v) is 11.9. The van der Waals surface area contributed by atoms with E-state index in [1.807, 2.05) is 12.1 Å². The highest BCUT2D eigenvalue weighted by atomic mass is 79.9. The van der Waals surface area contributed by atoms with Crippen LogP contribution in [0.15, 0.2) is 29.0 Å². The van der Waals surface area contributed by atoms with Crippen LogP contribution in [-0.4, -0.2) is 40.4 Å². The second-order valence-electron chi connectivity index (χ2n) is 4.73. The summed E-state index contributed by atoms with van der Waals surface area (Å²) < 4.78 is 6.08. The monoisotopic (exact) mass is 323 g/mol. The average molecular weight is 324 g/mol. The van der Waals surface area contributed by atoms with Crippen molar-refractivity contribution in [3.8, 4) is 0 Å². The van der Waals surface area contributed by atoms with Crippen LogP contribution in [-0.2, 0) is 4.74 Å². The summed E-state index contributed by atoms with van der Waals surface area (Å²) in [7, 11) is 0. The molecule has 0 bridgehead atoms. The quantitative estimate of drug-likeness (QED) is 0.903.